The number of carbonyl (C=O) groups excluding carboxylic acids is 1. The average molecular weight is 326 g/mol. The third kappa shape index (κ3) is 5.16. The second-order valence-electron chi connectivity index (χ2n) is 6.30. The van der Waals surface area contributed by atoms with Gasteiger partial charge in [-0.2, -0.15) is 0 Å². The van der Waals surface area contributed by atoms with Crippen molar-refractivity contribution >= 4 is 6.09 Å². The quantitative estimate of drug-likeness (QED) is 0.851. The third-order valence-corrected chi connectivity index (χ3v) is 3.81. The van der Waals surface area contributed by atoms with Crippen molar-refractivity contribution in [2.45, 2.75) is 26.8 Å². The van der Waals surface area contributed by atoms with E-state index in [-0.39, 0.29) is 6.09 Å². The summed E-state index contributed by atoms with van der Waals surface area (Å²) in [4.78, 5) is 15.7. The first-order chi connectivity index (χ1) is 11.0. The molecule has 0 radical (unpaired) electrons. The standard InChI is InChI=1S/C17H24F2N2O2/c1-13(2)12-23-17(22)21-8-4-7-20(9-10-21)11-14-5-3-6-15(18)16(14)19/h3,5-6,13H,4,7-12H2,1-2H3. The number of benzene rings is 1. The molecule has 4 nitrogen and oxygen atoms in total. The maximum Gasteiger partial charge on any atom is 0.409 e. The largest absolute Gasteiger partial charge is 0.449 e. The summed E-state index contributed by atoms with van der Waals surface area (Å²) in [6.07, 6.45) is 0.491. The molecular formula is C17H24F2N2O2. The van der Waals surface area contributed by atoms with Crippen molar-refractivity contribution in [1.82, 2.24) is 9.80 Å². The highest BCUT2D eigenvalue weighted by molar-refractivity contribution is 5.67. The first kappa shape index (κ1) is 17.7. The summed E-state index contributed by atoms with van der Waals surface area (Å²) in [5.41, 5.74) is 0.348. The molecule has 0 spiro atoms. The summed E-state index contributed by atoms with van der Waals surface area (Å²) >= 11 is 0. The van der Waals surface area contributed by atoms with E-state index in [1.54, 1.807) is 11.0 Å². The molecule has 23 heavy (non-hydrogen) atoms. The van der Waals surface area contributed by atoms with Crippen LogP contribution >= 0.6 is 0 Å². The third-order valence-electron chi connectivity index (χ3n) is 3.81. The molecule has 1 aromatic carbocycles. The minimum Gasteiger partial charge on any atom is -0.449 e. The molecule has 1 aliphatic rings. The van der Waals surface area contributed by atoms with Gasteiger partial charge in [-0.15, -0.1) is 0 Å². The molecule has 1 aliphatic heterocycles. The molecule has 128 valence electrons. The molecule has 0 saturated carbocycles. The molecule has 0 atom stereocenters. The van der Waals surface area contributed by atoms with Crippen LogP contribution in [0.4, 0.5) is 13.6 Å². The zero-order chi connectivity index (χ0) is 16.8. The highest BCUT2D eigenvalue weighted by atomic mass is 19.2. The number of rotatable bonds is 4. The number of nitrogens with zero attached hydrogens (tertiary/aromatic N) is 2. The van der Waals surface area contributed by atoms with Gasteiger partial charge < -0.3 is 9.64 Å². The van der Waals surface area contributed by atoms with Gasteiger partial charge in [0.2, 0.25) is 0 Å². The highest BCUT2D eigenvalue weighted by Gasteiger charge is 2.21. The maximum absolute atomic E-state index is 13.8. The van der Waals surface area contributed by atoms with E-state index in [2.05, 4.69) is 0 Å². The fourth-order valence-corrected chi connectivity index (χ4v) is 2.55. The van der Waals surface area contributed by atoms with Crippen molar-refractivity contribution < 1.29 is 18.3 Å². The molecule has 1 heterocycles. The Kier molecular flexibility index (Phi) is 6.33. The van der Waals surface area contributed by atoms with Gasteiger partial charge in [0.15, 0.2) is 11.6 Å². The van der Waals surface area contributed by atoms with E-state index in [1.165, 1.54) is 6.07 Å². The Bertz CT molecular complexity index is 537. The Morgan fingerprint density at radius 1 is 1.22 bits per heavy atom. The average Bonchev–Trinajstić information content (AvgIpc) is 2.75. The number of hydrogen-bond donors (Lipinski definition) is 0. The molecule has 2 rings (SSSR count). The summed E-state index contributed by atoms with van der Waals surface area (Å²) in [5, 5.41) is 0. The number of carbonyl (C=O) groups is 1. The van der Waals surface area contributed by atoms with Crippen LogP contribution in [0.1, 0.15) is 25.8 Å². The Morgan fingerprint density at radius 2 is 2.00 bits per heavy atom. The SMILES string of the molecule is CC(C)COC(=O)N1CCCN(Cc2cccc(F)c2F)CC1. The van der Waals surface area contributed by atoms with Crippen molar-refractivity contribution in [2.24, 2.45) is 5.92 Å². The van der Waals surface area contributed by atoms with Crippen LogP contribution in [-0.2, 0) is 11.3 Å². The summed E-state index contributed by atoms with van der Waals surface area (Å²) in [6, 6.07) is 4.23. The lowest BCUT2D eigenvalue weighted by atomic mass is 10.2. The molecule has 0 bridgehead atoms. The number of hydrogen-bond acceptors (Lipinski definition) is 3. The Balaban J connectivity index is 1.88. The molecule has 6 heteroatoms. The van der Waals surface area contributed by atoms with Gasteiger partial charge in [0.25, 0.3) is 0 Å². The minimum atomic E-state index is -0.823. The zero-order valence-corrected chi connectivity index (χ0v) is 13.7. The van der Waals surface area contributed by atoms with Crippen LogP contribution in [0.25, 0.3) is 0 Å². The number of ether oxygens (including phenoxy) is 1. The molecule has 1 aromatic rings. The molecule has 1 saturated heterocycles. The Labute approximate surface area is 136 Å². The first-order valence-electron chi connectivity index (χ1n) is 8.04. The predicted molar refractivity (Wildman–Crippen MR) is 84.0 cm³/mol. The van der Waals surface area contributed by atoms with E-state index in [4.69, 9.17) is 4.74 Å². The van der Waals surface area contributed by atoms with Gasteiger partial charge in [-0.25, -0.2) is 13.6 Å². The molecule has 0 aliphatic carbocycles. The molecule has 1 amide bonds. The van der Waals surface area contributed by atoms with Crippen molar-refractivity contribution in [2.75, 3.05) is 32.8 Å². The summed E-state index contributed by atoms with van der Waals surface area (Å²) < 4.78 is 32.3. The van der Waals surface area contributed by atoms with Gasteiger partial charge in [-0.3, -0.25) is 4.90 Å². The smallest absolute Gasteiger partial charge is 0.409 e. The van der Waals surface area contributed by atoms with Crippen LogP contribution in [-0.4, -0.2) is 48.7 Å². The predicted octanol–water partition coefficient (Wildman–Crippen LogP) is 3.27. The minimum absolute atomic E-state index is 0.294. The number of halogens is 2. The van der Waals surface area contributed by atoms with Gasteiger partial charge in [0.1, 0.15) is 0 Å². The van der Waals surface area contributed by atoms with E-state index in [0.29, 0.717) is 44.3 Å². The van der Waals surface area contributed by atoms with Crippen molar-refractivity contribution in [3.8, 4) is 0 Å². The summed E-state index contributed by atoms with van der Waals surface area (Å²) in [5.74, 6) is -1.31. The number of amides is 1. The first-order valence-corrected chi connectivity index (χ1v) is 8.04. The summed E-state index contributed by atoms with van der Waals surface area (Å²) in [6.45, 7) is 7.26. The van der Waals surface area contributed by atoms with Gasteiger partial charge in [-0.1, -0.05) is 26.0 Å². The monoisotopic (exact) mass is 326 g/mol. The van der Waals surface area contributed by atoms with Gasteiger partial charge in [0, 0.05) is 38.3 Å². The lowest BCUT2D eigenvalue weighted by Gasteiger charge is -2.22. The van der Waals surface area contributed by atoms with Gasteiger partial charge in [-0.05, 0) is 18.4 Å². The van der Waals surface area contributed by atoms with E-state index in [0.717, 1.165) is 19.0 Å². The molecule has 1 fully saturated rings. The molecule has 0 N–H and O–H groups in total. The van der Waals surface area contributed by atoms with Crippen LogP contribution in [0.15, 0.2) is 18.2 Å². The lowest BCUT2D eigenvalue weighted by Crippen LogP contribution is -2.36. The van der Waals surface area contributed by atoms with Crippen LogP contribution in [0.2, 0.25) is 0 Å². The van der Waals surface area contributed by atoms with Crippen LogP contribution in [0.3, 0.4) is 0 Å². The van der Waals surface area contributed by atoms with Crippen LogP contribution in [0.5, 0.6) is 0 Å². The summed E-state index contributed by atoms with van der Waals surface area (Å²) in [7, 11) is 0. The fourth-order valence-electron chi connectivity index (χ4n) is 2.55. The van der Waals surface area contributed by atoms with E-state index < -0.39 is 11.6 Å². The topological polar surface area (TPSA) is 32.8 Å². The van der Waals surface area contributed by atoms with Gasteiger partial charge in [0.05, 0.1) is 6.61 Å². The highest BCUT2D eigenvalue weighted by Crippen LogP contribution is 2.15. The normalized spacial score (nSPS) is 16.5. The lowest BCUT2D eigenvalue weighted by molar-refractivity contribution is 0.0930. The fraction of sp³-hybridized carbons (Fsp3) is 0.588. The van der Waals surface area contributed by atoms with E-state index in [1.807, 2.05) is 18.7 Å². The second-order valence-corrected chi connectivity index (χ2v) is 6.30. The molecular weight excluding hydrogens is 302 g/mol. The van der Waals surface area contributed by atoms with Crippen molar-refractivity contribution in [3.63, 3.8) is 0 Å². The van der Waals surface area contributed by atoms with Gasteiger partial charge >= 0.3 is 6.09 Å². The van der Waals surface area contributed by atoms with Crippen LogP contribution < -0.4 is 0 Å². The van der Waals surface area contributed by atoms with Crippen LogP contribution in [0, 0.1) is 17.6 Å². The molecule has 0 unspecified atom stereocenters. The Hall–Kier alpha value is -1.69. The van der Waals surface area contributed by atoms with E-state index >= 15 is 0 Å². The maximum atomic E-state index is 13.8. The molecule has 0 aromatic heterocycles. The van der Waals surface area contributed by atoms with Crippen molar-refractivity contribution in [1.29, 1.82) is 0 Å². The zero-order valence-electron chi connectivity index (χ0n) is 13.7. The van der Waals surface area contributed by atoms with E-state index in [9.17, 15) is 13.6 Å². The second kappa shape index (κ2) is 8.24. The Morgan fingerprint density at radius 3 is 2.74 bits per heavy atom. The van der Waals surface area contributed by atoms with Crippen molar-refractivity contribution in [3.05, 3.63) is 35.4 Å².